The predicted molar refractivity (Wildman–Crippen MR) is 191 cm³/mol. The number of alkyl halides is 1. The van der Waals surface area contributed by atoms with Crippen molar-refractivity contribution in [3.05, 3.63) is 46.6 Å². The molecular weight excluding hydrogens is 707 g/mol. The molecule has 0 bridgehead atoms. The smallest absolute Gasteiger partial charge is 0.325 e. The van der Waals surface area contributed by atoms with Gasteiger partial charge in [-0.2, -0.15) is 0 Å². The van der Waals surface area contributed by atoms with Crippen LogP contribution in [-0.4, -0.2) is 77.2 Å². The number of nitrogens with zero attached hydrogens (tertiary/aromatic N) is 3. The van der Waals surface area contributed by atoms with Crippen LogP contribution >= 0.6 is 41.1 Å². The number of aromatic nitrogens is 1. The molecule has 0 amide bonds. The van der Waals surface area contributed by atoms with Crippen LogP contribution in [0.25, 0.3) is 0 Å². The maximum absolute atomic E-state index is 12.8. The number of fused-ring (bicyclic) bond motifs is 1. The summed E-state index contributed by atoms with van der Waals surface area (Å²) in [6.07, 6.45) is 9.20. The highest BCUT2D eigenvalue weighted by atomic mass is 127. The Morgan fingerprint density at radius 2 is 2.02 bits per heavy atom. The minimum atomic E-state index is -0.796. The highest BCUT2D eigenvalue weighted by Crippen LogP contribution is 2.46. The zero-order chi connectivity index (χ0) is 31.3. The second-order valence-electron chi connectivity index (χ2n) is 12.6. The first-order valence-corrected chi connectivity index (χ1v) is 18.2. The van der Waals surface area contributed by atoms with E-state index in [1.807, 2.05) is 18.2 Å². The number of rotatable bonds is 13. The van der Waals surface area contributed by atoms with Gasteiger partial charge in [0.25, 0.3) is 0 Å². The van der Waals surface area contributed by atoms with Gasteiger partial charge in [-0.25, -0.2) is 4.98 Å². The van der Waals surface area contributed by atoms with Crippen molar-refractivity contribution in [1.82, 2.24) is 9.88 Å². The minimum absolute atomic E-state index is 0.00814. The topological polar surface area (TPSA) is 84.4 Å². The number of aryl methyl sites for hydroxylation is 1. The predicted octanol–water partition coefficient (Wildman–Crippen LogP) is 5.54. The lowest BCUT2D eigenvalue weighted by Gasteiger charge is -2.32. The van der Waals surface area contributed by atoms with Crippen LogP contribution < -0.4 is 14.9 Å². The number of hydrogen-bond donors (Lipinski definition) is 1. The van der Waals surface area contributed by atoms with E-state index in [4.69, 9.17) is 19.2 Å². The van der Waals surface area contributed by atoms with E-state index < -0.39 is 12.0 Å². The molecule has 1 N–H and O–H groups in total. The van der Waals surface area contributed by atoms with Gasteiger partial charge in [-0.1, -0.05) is 41.1 Å². The van der Waals surface area contributed by atoms with Gasteiger partial charge < -0.3 is 24.2 Å². The van der Waals surface area contributed by atoms with E-state index in [9.17, 15) is 9.90 Å². The van der Waals surface area contributed by atoms with Crippen LogP contribution in [0.2, 0.25) is 0 Å². The Hall–Kier alpha value is -1.09. The van der Waals surface area contributed by atoms with Gasteiger partial charge in [-0.05, 0) is 86.3 Å². The van der Waals surface area contributed by atoms with Crippen molar-refractivity contribution < 1.29 is 24.1 Å². The molecule has 242 valence electrons. The second kappa shape index (κ2) is 15.7. The number of carboxylic acids is 1. The lowest BCUT2D eigenvalue weighted by Crippen LogP contribution is -2.35. The number of carboxylic acid groups (broad SMARTS) is 1. The van der Waals surface area contributed by atoms with Crippen molar-refractivity contribution in [1.29, 1.82) is 0 Å². The number of pyridine rings is 1. The van der Waals surface area contributed by atoms with Crippen LogP contribution in [0, 0.1) is 5.92 Å². The zero-order valence-corrected chi connectivity index (χ0v) is 30.6. The lowest BCUT2D eigenvalue weighted by molar-refractivity contribution is -0.143. The molecule has 3 aliphatic heterocycles. The molecule has 44 heavy (non-hydrogen) atoms. The summed E-state index contributed by atoms with van der Waals surface area (Å²) in [5.41, 5.74) is 4.14. The lowest BCUT2D eigenvalue weighted by atomic mass is 9.97. The van der Waals surface area contributed by atoms with E-state index in [-0.39, 0.29) is 9.27 Å². The first-order chi connectivity index (χ1) is 21.2. The Morgan fingerprint density at radius 3 is 2.77 bits per heavy atom. The van der Waals surface area contributed by atoms with Crippen LogP contribution in [0.5, 0.6) is 5.75 Å². The van der Waals surface area contributed by atoms with Gasteiger partial charge in [0, 0.05) is 53.8 Å². The average Bonchev–Trinajstić information content (AvgIpc) is 3.50. The van der Waals surface area contributed by atoms with E-state index in [1.54, 1.807) is 7.11 Å². The van der Waals surface area contributed by atoms with Crippen LogP contribution in [-0.2, 0) is 33.7 Å². The maximum atomic E-state index is 12.8. The number of ether oxygens (including phenoxy) is 3. The largest absolute Gasteiger partial charge is 0.496 e. The molecule has 0 spiro atoms. The number of anilines is 1. The fourth-order valence-corrected chi connectivity index (χ4v) is 8.54. The molecule has 8 nitrogen and oxygen atoms in total. The van der Waals surface area contributed by atoms with Gasteiger partial charge in [0.1, 0.15) is 17.6 Å². The van der Waals surface area contributed by atoms with E-state index in [1.165, 1.54) is 5.56 Å². The molecular formula is C33H48IN3O5P2. The van der Waals surface area contributed by atoms with Crippen molar-refractivity contribution in [2.75, 3.05) is 51.9 Å². The molecule has 4 heterocycles. The van der Waals surface area contributed by atoms with E-state index in [0.29, 0.717) is 12.5 Å². The van der Waals surface area contributed by atoms with E-state index >= 15 is 0 Å². The molecule has 0 saturated carbocycles. The highest BCUT2D eigenvalue weighted by molar-refractivity contribution is 14.1. The number of aliphatic carboxylic acids is 1. The Bertz CT molecular complexity index is 1290. The minimum Gasteiger partial charge on any atom is -0.496 e. The van der Waals surface area contributed by atoms with E-state index in [0.717, 1.165) is 124 Å². The second-order valence-corrected chi connectivity index (χ2v) is 17.5. The number of methoxy groups -OCH3 is 1. The van der Waals surface area contributed by atoms with Gasteiger partial charge >= 0.3 is 5.97 Å². The van der Waals surface area contributed by atoms with Crippen LogP contribution in [0.15, 0.2) is 24.3 Å². The molecule has 1 aromatic carbocycles. The molecule has 2 aromatic rings. The van der Waals surface area contributed by atoms with Crippen molar-refractivity contribution in [2.24, 2.45) is 5.92 Å². The third-order valence-corrected chi connectivity index (χ3v) is 12.0. The Kier molecular flexibility index (Phi) is 12.2. The van der Waals surface area contributed by atoms with E-state index in [2.05, 4.69) is 64.0 Å². The number of hydrogen-bond acceptors (Lipinski definition) is 7. The van der Waals surface area contributed by atoms with Gasteiger partial charge in [0.05, 0.1) is 19.8 Å². The number of likely N-dealkylation sites (tertiary alicyclic amines) is 1. The summed E-state index contributed by atoms with van der Waals surface area (Å²) in [4.78, 5) is 22.2. The van der Waals surface area contributed by atoms with Crippen LogP contribution in [0.1, 0.15) is 73.4 Å². The molecule has 11 heteroatoms. The zero-order valence-electron chi connectivity index (χ0n) is 26.1. The Labute approximate surface area is 280 Å². The molecule has 4 unspecified atom stereocenters. The standard InChI is InChI=1S/C33H48IN3O5P2/c1-36-14-5-7-27-29(40-2)18-24(35-31(27)36)6-3-4-13-33(34,44)23-10-15-37(20-23)30(32(38)39)28-19-26(43)9-8-22(28)21-42-25-11-16-41-17-12-25/h8-9,18-19,23,25,30H,3-7,10-17,20-21,43-44H2,1-2H3,(H,38,39)/t23?,30-,33?/m0/s1. The van der Waals surface area contributed by atoms with Crippen molar-refractivity contribution in [3.8, 4) is 5.75 Å². The third kappa shape index (κ3) is 8.43. The van der Waals surface area contributed by atoms with Crippen molar-refractivity contribution in [3.63, 3.8) is 0 Å². The summed E-state index contributed by atoms with van der Waals surface area (Å²) < 4.78 is 17.4. The van der Waals surface area contributed by atoms with Crippen molar-refractivity contribution in [2.45, 2.75) is 79.7 Å². The Morgan fingerprint density at radius 1 is 1.23 bits per heavy atom. The first kappa shape index (κ1) is 34.3. The third-order valence-electron chi connectivity index (χ3n) is 9.46. The van der Waals surface area contributed by atoms with Gasteiger partial charge in [-0.3, -0.25) is 9.69 Å². The fourth-order valence-electron chi connectivity index (χ4n) is 6.90. The number of unbranched alkanes of at least 4 members (excludes halogenated alkanes) is 1. The quantitative estimate of drug-likeness (QED) is 0.124. The first-order valence-electron chi connectivity index (χ1n) is 16.0. The molecule has 0 radical (unpaired) electrons. The summed E-state index contributed by atoms with van der Waals surface area (Å²) in [6.45, 7) is 4.44. The highest BCUT2D eigenvalue weighted by Gasteiger charge is 2.41. The fraction of sp³-hybridized carbons (Fsp3) is 0.636. The molecule has 2 saturated heterocycles. The van der Waals surface area contributed by atoms with Crippen LogP contribution in [0.4, 0.5) is 5.82 Å². The summed E-state index contributed by atoms with van der Waals surface area (Å²) >= 11 is 2.60. The molecule has 5 atom stereocenters. The monoisotopic (exact) mass is 755 g/mol. The SMILES string of the molecule is COc1cc(CCCCC(P)(I)C2CCN([C@H](C(=O)O)c3cc(P)ccc3COC3CCOCC3)C2)nc2c1CCCN2C. The molecule has 1 aromatic heterocycles. The average molecular weight is 756 g/mol. The van der Waals surface area contributed by atoms with Crippen LogP contribution in [0.3, 0.4) is 0 Å². The van der Waals surface area contributed by atoms with Gasteiger partial charge in [0.2, 0.25) is 0 Å². The number of carbonyl (C=O) groups is 1. The number of halogens is 1. The molecule has 3 aliphatic rings. The summed E-state index contributed by atoms with van der Waals surface area (Å²) in [5, 5.41) is 11.5. The summed E-state index contributed by atoms with van der Waals surface area (Å²) in [7, 11) is 9.72. The Balaban J connectivity index is 1.18. The summed E-state index contributed by atoms with van der Waals surface area (Å²) in [5.74, 6) is 1.64. The van der Waals surface area contributed by atoms with Gasteiger partial charge in [-0.15, -0.1) is 18.5 Å². The molecule has 0 aliphatic carbocycles. The van der Waals surface area contributed by atoms with Gasteiger partial charge in [0.15, 0.2) is 0 Å². The number of benzene rings is 1. The van der Waals surface area contributed by atoms with Crippen molar-refractivity contribution >= 4 is 58.2 Å². The normalized spacial score (nSPS) is 21.6. The molecule has 2 fully saturated rings. The molecule has 5 rings (SSSR count). The maximum Gasteiger partial charge on any atom is 0.325 e. The summed E-state index contributed by atoms with van der Waals surface area (Å²) in [6, 6.07) is 7.51.